The fraction of sp³-hybridized carbons (Fsp3) is 0.345. The zero-order valence-electron chi connectivity index (χ0n) is 22.5. The van der Waals surface area contributed by atoms with E-state index in [1.165, 1.54) is 23.8 Å². The van der Waals surface area contributed by atoms with Crippen LogP contribution in [0.25, 0.3) is 44.2 Å². The molecule has 4 aromatic heterocycles. The summed E-state index contributed by atoms with van der Waals surface area (Å²) in [5.41, 5.74) is 5.16. The van der Waals surface area contributed by atoms with Crippen LogP contribution in [0.2, 0.25) is 0 Å². The van der Waals surface area contributed by atoms with Crippen LogP contribution in [-0.2, 0) is 4.79 Å². The number of hydrogen-bond acceptors (Lipinski definition) is 7. The zero-order chi connectivity index (χ0) is 28.9. The topological polar surface area (TPSA) is 120 Å². The van der Waals surface area contributed by atoms with Crippen molar-refractivity contribution in [1.82, 2.24) is 30.2 Å². The van der Waals surface area contributed by atoms with Gasteiger partial charge in [-0.2, -0.15) is 13.2 Å². The molecule has 1 aliphatic carbocycles. The molecule has 0 unspecified atom stereocenters. The molecule has 3 N–H and O–H groups in total. The van der Waals surface area contributed by atoms with Gasteiger partial charge in [0.25, 0.3) is 0 Å². The molecule has 2 aliphatic rings. The molecule has 212 valence electrons. The van der Waals surface area contributed by atoms with Gasteiger partial charge in [0.15, 0.2) is 5.82 Å². The van der Waals surface area contributed by atoms with Crippen molar-refractivity contribution in [2.75, 3.05) is 24.5 Å². The molecule has 0 amide bonds. The van der Waals surface area contributed by atoms with E-state index in [4.69, 9.17) is 19.9 Å². The second-order valence-electron chi connectivity index (χ2n) is 11.1. The second-order valence-corrected chi connectivity index (χ2v) is 11.1. The zero-order valence-corrected chi connectivity index (χ0v) is 22.5. The van der Waals surface area contributed by atoms with E-state index >= 15 is 0 Å². The van der Waals surface area contributed by atoms with E-state index in [-0.39, 0.29) is 5.54 Å². The van der Waals surface area contributed by atoms with Gasteiger partial charge >= 0.3 is 12.1 Å². The van der Waals surface area contributed by atoms with E-state index in [0.29, 0.717) is 5.92 Å². The lowest BCUT2D eigenvalue weighted by Gasteiger charge is -2.40. The average molecular weight is 564 g/mol. The number of carboxylic acids is 1. The molecule has 9 nitrogen and oxygen atoms in total. The molecule has 1 saturated carbocycles. The number of hydrogen-bond donors (Lipinski definition) is 3. The number of benzene rings is 1. The predicted molar refractivity (Wildman–Crippen MR) is 150 cm³/mol. The highest BCUT2D eigenvalue weighted by molar-refractivity contribution is 6.12. The monoisotopic (exact) mass is 563 g/mol. The molecule has 1 aliphatic heterocycles. The van der Waals surface area contributed by atoms with Crippen LogP contribution in [-0.4, -0.2) is 67.3 Å². The number of aromatic amines is 1. The van der Waals surface area contributed by atoms with Crippen molar-refractivity contribution in [3.05, 3.63) is 54.5 Å². The molecule has 7 rings (SSSR count). The quantitative estimate of drug-likeness (QED) is 0.266. The number of fused-ring (bicyclic) bond motifs is 4. The van der Waals surface area contributed by atoms with Crippen LogP contribution in [0.4, 0.5) is 19.0 Å². The number of nitrogens with zero attached hydrogens (tertiary/aromatic N) is 5. The molecule has 5 heterocycles. The SMILES string of the molecule is CC1(C)CN(c2nc(-c3ccnc4[nH]c5ccccc5c34)nc3cncc(C4CC4)c23)CCN1.O=C(O)C(F)(F)F. The Morgan fingerprint density at radius 3 is 2.56 bits per heavy atom. The summed E-state index contributed by atoms with van der Waals surface area (Å²) < 4.78 is 31.7. The van der Waals surface area contributed by atoms with E-state index in [9.17, 15) is 13.2 Å². The van der Waals surface area contributed by atoms with Gasteiger partial charge in [-0.3, -0.25) is 4.98 Å². The number of H-pyrrole nitrogens is 1. The van der Waals surface area contributed by atoms with Crippen LogP contribution >= 0.6 is 0 Å². The largest absolute Gasteiger partial charge is 0.490 e. The van der Waals surface area contributed by atoms with Crippen LogP contribution in [0.15, 0.2) is 48.9 Å². The van der Waals surface area contributed by atoms with Gasteiger partial charge in [-0.25, -0.2) is 19.7 Å². The van der Waals surface area contributed by atoms with E-state index < -0.39 is 12.1 Å². The Bertz CT molecular complexity index is 1780. The van der Waals surface area contributed by atoms with Crippen molar-refractivity contribution in [2.24, 2.45) is 0 Å². The maximum Gasteiger partial charge on any atom is 0.490 e. The summed E-state index contributed by atoms with van der Waals surface area (Å²) in [6, 6.07) is 10.4. The number of aromatic nitrogens is 5. The molecule has 5 aromatic rings. The van der Waals surface area contributed by atoms with Crippen LogP contribution in [0.3, 0.4) is 0 Å². The molecule has 0 spiro atoms. The van der Waals surface area contributed by atoms with E-state index in [1.54, 1.807) is 0 Å². The van der Waals surface area contributed by atoms with Crippen molar-refractivity contribution in [2.45, 2.75) is 44.3 Å². The maximum atomic E-state index is 10.6. The molecule has 1 saturated heterocycles. The third-order valence-electron chi connectivity index (χ3n) is 7.39. The summed E-state index contributed by atoms with van der Waals surface area (Å²) >= 11 is 0. The van der Waals surface area contributed by atoms with Gasteiger partial charge in [-0.1, -0.05) is 18.2 Å². The Balaban J connectivity index is 0.000000387. The lowest BCUT2D eigenvalue weighted by molar-refractivity contribution is -0.192. The molecule has 0 bridgehead atoms. The van der Waals surface area contributed by atoms with Crippen molar-refractivity contribution < 1.29 is 23.1 Å². The van der Waals surface area contributed by atoms with Crippen molar-refractivity contribution >= 4 is 44.6 Å². The third kappa shape index (κ3) is 5.26. The standard InChI is InChI=1S/C27H27N7.C2HF3O2/c1-27(2)15-34(12-11-30-27)26-23-19(16-7-8-16)13-28-14-21(23)32-24(33-26)18-9-10-29-25-22(18)17-5-3-4-6-20(17)31-25;3-2(4,5)1(6)7/h3-6,9-10,13-14,16,30H,7-8,11-12,15H2,1-2H3,(H,29,31);(H,6,7). The van der Waals surface area contributed by atoms with Crippen LogP contribution in [0, 0.1) is 0 Å². The smallest absolute Gasteiger partial charge is 0.475 e. The number of anilines is 1. The van der Waals surface area contributed by atoms with Crippen LogP contribution in [0.1, 0.15) is 38.2 Å². The minimum absolute atomic E-state index is 0.0171. The van der Waals surface area contributed by atoms with Crippen molar-refractivity contribution in [3.8, 4) is 11.4 Å². The highest BCUT2D eigenvalue weighted by Gasteiger charge is 2.38. The number of nitrogens with one attached hydrogen (secondary N) is 2. The molecule has 2 fully saturated rings. The van der Waals surface area contributed by atoms with Crippen LogP contribution < -0.4 is 10.2 Å². The number of para-hydroxylation sites is 1. The minimum atomic E-state index is -5.08. The van der Waals surface area contributed by atoms with E-state index in [0.717, 1.165) is 64.3 Å². The van der Waals surface area contributed by atoms with Gasteiger partial charge in [-0.15, -0.1) is 0 Å². The second kappa shape index (κ2) is 9.95. The number of pyridine rings is 2. The minimum Gasteiger partial charge on any atom is -0.475 e. The molecular formula is C29H28F3N7O2. The summed E-state index contributed by atoms with van der Waals surface area (Å²) in [5.74, 6) is -0.427. The highest BCUT2D eigenvalue weighted by Crippen LogP contribution is 2.45. The van der Waals surface area contributed by atoms with Gasteiger partial charge in [0.2, 0.25) is 0 Å². The first kappa shape index (κ1) is 26.9. The van der Waals surface area contributed by atoms with Crippen molar-refractivity contribution in [3.63, 3.8) is 0 Å². The summed E-state index contributed by atoms with van der Waals surface area (Å²) in [6.45, 7) is 7.25. The number of halogens is 3. The normalized spacial score (nSPS) is 17.0. The average Bonchev–Trinajstić information content (AvgIpc) is 3.71. The molecular weight excluding hydrogens is 535 g/mol. The molecule has 0 atom stereocenters. The first-order valence-corrected chi connectivity index (χ1v) is 13.3. The van der Waals surface area contributed by atoms with E-state index in [1.807, 2.05) is 30.7 Å². The number of rotatable bonds is 3. The Hall–Kier alpha value is -4.32. The predicted octanol–water partition coefficient (Wildman–Crippen LogP) is 5.42. The van der Waals surface area contributed by atoms with Gasteiger partial charge in [0.1, 0.15) is 11.5 Å². The first-order valence-electron chi connectivity index (χ1n) is 13.3. The number of piperazine rings is 1. The molecule has 0 radical (unpaired) electrons. The van der Waals surface area contributed by atoms with Gasteiger partial charge in [0, 0.05) is 64.8 Å². The van der Waals surface area contributed by atoms with Gasteiger partial charge < -0.3 is 20.3 Å². The summed E-state index contributed by atoms with van der Waals surface area (Å²) in [5, 5.41) is 14.1. The van der Waals surface area contributed by atoms with Gasteiger partial charge in [0.05, 0.1) is 11.7 Å². The third-order valence-corrected chi connectivity index (χ3v) is 7.39. The van der Waals surface area contributed by atoms with Gasteiger partial charge in [-0.05, 0) is 50.3 Å². The number of alkyl halides is 3. The Labute approximate surface area is 232 Å². The molecule has 12 heteroatoms. The lowest BCUT2D eigenvalue weighted by atomic mass is 10.0. The van der Waals surface area contributed by atoms with Crippen molar-refractivity contribution in [1.29, 1.82) is 0 Å². The fourth-order valence-corrected chi connectivity index (χ4v) is 5.42. The number of carboxylic acid groups (broad SMARTS) is 1. The Kier molecular flexibility index (Phi) is 6.52. The summed E-state index contributed by atoms with van der Waals surface area (Å²) in [6.07, 6.45) is 3.12. The summed E-state index contributed by atoms with van der Waals surface area (Å²) in [7, 11) is 0. The van der Waals surface area contributed by atoms with Crippen LogP contribution in [0.5, 0.6) is 0 Å². The first-order chi connectivity index (χ1) is 19.5. The lowest BCUT2D eigenvalue weighted by Crippen LogP contribution is -2.57. The van der Waals surface area contributed by atoms with E-state index in [2.05, 4.69) is 57.2 Å². The summed E-state index contributed by atoms with van der Waals surface area (Å²) in [4.78, 5) is 34.3. The maximum absolute atomic E-state index is 10.6. The number of carbonyl (C=O) groups is 1. The highest BCUT2D eigenvalue weighted by atomic mass is 19.4. The molecule has 41 heavy (non-hydrogen) atoms. The Morgan fingerprint density at radius 1 is 1.10 bits per heavy atom. The molecule has 1 aromatic carbocycles. The fourth-order valence-electron chi connectivity index (χ4n) is 5.42. The Morgan fingerprint density at radius 2 is 1.85 bits per heavy atom. The number of aliphatic carboxylic acids is 1.